The van der Waals surface area contributed by atoms with Gasteiger partial charge in [-0.05, 0) is 52.3 Å². The fraction of sp³-hybridized carbons (Fsp3) is 0.217. The second kappa shape index (κ2) is 7.44. The summed E-state index contributed by atoms with van der Waals surface area (Å²) >= 11 is 0. The van der Waals surface area contributed by atoms with Crippen LogP contribution in [0.3, 0.4) is 0 Å². The molecule has 0 heterocycles. The van der Waals surface area contributed by atoms with Crippen LogP contribution in [0.25, 0.3) is 22.3 Å². The lowest BCUT2D eigenvalue weighted by Crippen LogP contribution is -1.90. The molecule has 0 amide bonds. The van der Waals surface area contributed by atoms with E-state index in [1.807, 2.05) is 12.1 Å². The molecule has 0 saturated carbocycles. The lowest BCUT2D eigenvalue weighted by Gasteiger charge is -2.08. The average Bonchev–Trinajstić information content (AvgIpc) is 2.64. The molecule has 3 aromatic rings. The van der Waals surface area contributed by atoms with Crippen molar-refractivity contribution in [3.05, 3.63) is 83.7 Å². The summed E-state index contributed by atoms with van der Waals surface area (Å²) in [4.78, 5) is 0. The number of hydrogen-bond donors (Lipinski definition) is 0. The van der Waals surface area contributed by atoms with Gasteiger partial charge in [-0.3, -0.25) is 0 Å². The average molecular weight is 318 g/mol. The van der Waals surface area contributed by atoms with E-state index >= 15 is 0 Å². The van der Waals surface area contributed by atoms with Crippen LogP contribution in [0.1, 0.15) is 31.4 Å². The van der Waals surface area contributed by atoms with Crippen LogP contribution in [0.15, 0.2) is 66.7 Å². The minimum atomic E-state index is -0.103. The maximum absolute atomic E-state index is 14.1. The highest BCUT2D eigenvalue weighted by atomic mass is 19.1. The van der Waals surface area contributed by atoms with Crippen molar-refractivity contribution in [2.24, 2.45) is 0 Å². The summed E-state index contributed by atoms with van der Waals surface area (Å²) in [6, 6.07) is 22.6. The molecule has 0 radical (unpaired) electrons. The van der Waals surface area contributed by atoms with Crippen molar-refractivity contribution >= 4 is 0 Å². The molecular weight excluding hydrogens is 295 g/mol. The predicted octanol–water partition coefficient (Wildman–Crippen LogP) is 6.67. The van der Waals surface area contributed by atoms with Gasteiger partial charge < -0.3 is 0 Å². The Morgan fingerprint density at radius 2 is 1.17 bits per heavy atom. The first-order valence-electron chi connectivity index (χ1n) is 8.69. The second-order valence-corrected chi connectivity index (χ2v) is 6.18. The predicted molar refractivity (Wildman–Crippen MR) is 101 cm³/mol. The van der Waals surface area contributed by atoms with E-state index in [1.54, 1.807) is 6.07 Å². The summed E-state index contributed by atoms with van der Waals surface area (Å²) in [6.45, 7) is 4.23. The molecule has 0 aliphatic rings. The monoisotopic (exact) mass is 318 g/mol. The number of halogens is 1. The Balaban J connectivity index is 1.84. The van der Waals surface area contributed by atoms with Gasteiger partial charge >= 0.3 is 0 Å². The molecule has 3 rings (SSSR count). The van der Waals surface area contributed by atoms with Crippen molar-refractivity contribution in [3.63, 3.8) is 0 Å². The third-order valence-electron chi connectivity index (χ3n) is 4.49. The van der Waals surface area contributed by atoms with E-state index in [9.17, 15) is 4.39 Å². The molecule has 3 aromatic carbocycles. The van der Waals surface area contributed by atoms with Crippen molar-refractivity contribution in [1.82, 2.24) is 0 Å². The minimum Gasteiger partial charge on any atom is -0.207 e. The molecule has 0 bridgehead atoms. The van der Waals surface area contributed by atoms with Gasteiger partial charge in [0.05, 0.1) is 0 Å². The quantitative estimate of drug-likeness (QED) is 0.492. The van der Waals surface area contributed by atoms with Gasteiger partial charge in [0, 0.05) is 0 Å². The van der Waals surface area contributed by atoms with Crippen LogP contribution in [0.2, 0.25) is 0 Å². The topological polar surface area (TPSA) is 0 Å². The van der Waals surface area contributed by atoms with E-state index in [4.69, 9.17) is 0 Å². The zero-order chi connectivity index (χ0) is 16.9. The van der Waals surface area contributed by atoms with Crippen molar-refractivity contribution in [2.75, 3.05) is 0 Å². The normalized spacial score (nSPS) is 10.8. The Labute approximate surface area is 144 Å². The zero-order valence-electron chi connectivity index (χ0n) is 14.4. The molecule has 0 saturated heterocycles. The van der Waals surface area contributed by atoms with Gasteiger partial charge in [-0.25, -0.2) is 4.39 Å². The number of aryl methyl sites for hydroxylation is 2. The maximum Gasteiger partial charge on any atom is 0.127 e. The molecule has 0 aliphatic heterocycles. The minimum absolute atomic E-state index is 0.103. The van der Waals surface area contributed by atoms with Crippen molar-refractivity contribution in [3.8, 4) is 22.3 Å². The van der Waals surface area contributed by atoms with Gasteiger partial charge in [0.15, 0.2) is 0 Å². The van der Waals surface area contributed by atoms with E-state index < -0.39 is 0 Å². The van der Waals surface area contributed by atoms with Crippen LogP contribution in [0.4, 0.5) is 4.39 Å². The number of benzene rings is 3. The fourth-order valence-corrected chi connectivity index (χ4v) is 2.99. The van der Waals surface area contributed by atoms with E-state index in [0.717, 1.165) is 36.0 Å². The zero-order valence-corrected chi connectivity index (χ0v) is 14.4. The SMILES string of the molecule is CCCc1ccc(-c2ccc(-c3ccc(CC)cc3)cc2)cc1F. The summed E-state index contributed by atoms with van der Waals surface area (Å²) in [6.07, 6.45) is 2.80. The summed E-state index contributed by atoms with van der Waals surface area (Å²) < 4.78 is 14.1. The van der Waals surface area contributed by atoms with Crippen molar-refractivity contribution in [1.29, 1.82) is 0 Å². The molecule has 0 nitrogen and oxygen atoms in total. The van der Waals surface area contributed by atoms with Gasteiger partial charge in [0.25, 0.3) is 0 Å². The molecule has 0 N–H and O–H groups in total. The Morgan fingerprint density at radius 3 is 1.67 bits per heavy atom. The van der Waals surface area contributed by atoms with Crippen LogP contribution < -0.4 is 0 Å². The Hall–Kier alpha value is -2.41. The Kier molecular flexibility index (Phi) is 5.10. The molecule has 0 spiro atoms. The number of rotatable bonds is 5. The first kappa shape index (κ1) is 16.4. The van der Waals surface area contributed by atoms with Crippen LogP contribution in [-0.2, 0) is 12.8 Å². The lowest BCUT2D eigenvalue weighted by molar-refractivity contribution is 0.608. The smallest absolute Gasteiger partial charge is 0.127 e. The second-order valence-electron chi connectivity index (χ2n) is 6.18. The maximum atomic E-state index is 14.1. The van der Waals surface area contributed by atoms with Gasteiger partial charge in [-0.15, -0.1) is 0 Å². The standard InChI is InChI=1S/C23H23F/c1-3-5-21-14-15-22(16-23(21)24)20-12-10-19(11-13-20)18-8-6-17(4-2)7-9-18/h6-16H,3-5H2,1-2H3. The molecule has 0 unspecified atom stereocenters. The Bertz CT molecular complexity index is 798. The van der Waals surface area contributed by atoms with Crippen LogP contribution in [0, 0.1) is 5.82 Å². The highest BCUT2D eigenvalue weighted by molar-refractivity contribution is 5.70. The third kappa shape index (κ3) is 3.56. The molecule has 122 valence electrons. The molecule has 0 fully saturated rings. The highest BCUT2D eigenvalue weighted by Gasteiger charge is 2.05. The molecule has 24 heavy (non-hydrogen) atoms. The molecule has 0 aromatic heterocycles. The van der Waals surface area contributed by atoms with Crippen LogP contribution in [0.5, 0.6) is 0 Å². The summed E-state index contributed by atoms with van der Waals surface area (Å²) in [7, 11) is 0. The summed E-state index contributed by atoms with van der Waals surface area (Å²) in [5.41, 5.74) is 6.52. The van der Waals surface area contributed by atoms with Crippen LogP contribution in [-0.4, -0.2) is 0 Å². The number of hydrogen-bond acceptors (Lipinski definition) is 0. The summed E-state index contributed by atoms with van der Waals surface area (Å²) in [5.74, 6) is -0.103. The molecule has 0 atom stereocenters. The Morgan fingerprint density at radius 1 is 0.667 bits per heavy atom. The molecular formula is C23H23F. The van der Waals surface area contributed by atoms with Gasteiger partial charge in [-0.1, -0.05) is 80.9 Å². The van der Waals surface area contributed by atoms with Gasteiger partial charge in [-0.2, -0.15) is 0 Å². The third-order valence-corrected chi connectivity index (χ3v) is 4.49. The molecule has 0 aliphatic carbocycles. The van der Waals surface area contributed by atoms with Crippen LogP contribution >= 0.6 is 0 Å². The summed E-state index contributed by atoms with van der Waals surface area (Å²) in [5, 5.41) is 0. The molecule has 1 heteroatoms. The van der Waals surface area contributed by atoms with Gasteiger partial charge in [0.1, 0.15) is 5.82 Å². The first-order valence-corrected chi connectivity index (χ1v) is 8.69. The lowest BCUT2D eigenvalue weighted by atomic mass is 9.98. The first-order chi connectivity index (χ1) is 11.7. The van der Waals surface area contributed by atoms with E-state index in [-0.39, 0.29) is 5.82 Å². The van der Waals surface area contributed by atoms with E-state index in [2.05, 4.69) is 62.4 Å². The fourth-order valence-electron chi connectivity index (χ4n) is 2.99. The van der Waals surface area contributed by atoms with Crippen molar-refractivity contribution in [2.45, 2.75) is 33.1 Å². The van der Waals surface area contributed by atoms with E-state index in [1.165, 1.54) is 16.7 Å². The van der Waals surface area contributed by atoms with E-state index in [0.29, 0.717) is 0 Å². The largest absolute Gasteiger partial charge is 0.207 e. The van der Waals surface area contributed by atoms with Crippen molar-refractivity contribution < 1.29 is 4.39 Å². The highest BCUT2D eigenvalue weighted by Crippen LogP contribution is 2.26. The van der Waals surface area contributed by atoms with Gasteiger partial charge in [0.2, 0.25) is 0 Å².